The highest BCUT2D eigenvalue weighted by molar-refractivity contribution is 6.05. The average Bonchev–Trinajstić information content (AvgIpc) is 3.14. The van der Waals surface area contributed by atoms with Crippen molar-refractivity contribution in [1.82, 2.24) is 0 Å². The number of rotatable bonds is 2. The maximum atomic E-state index is 5.39. The zero-order chi connectivity index (χ0) is 19.6. The van der Waals surface area contributed by atoms with Crippen molar-refractivity contribution in [2.75, 3.05) is 7.11 Å². The summed E-state index contributed by atoms with van der Waals surface area (Å²) in [6.07, 6.45) is 8.37. The molecule has 29 heavy (non-hydrogen) atoms. The fourth-order valence-corrected chi connectivity index (χ4v) is 4.08. The van der Waals surface area contributed by atoms with E-state index in [0.29, 0.717) is 0 Å². The van der Waals surface area contributed by atoms with E-state index in [1.807, 2.05) is 12.2 Å². The molecule has 0 bridgehead atoms. The molecular formula is C28H21O+. The molecule has 0 atom stereocenters. The van der Waals surface area contributed by atoms with Crippen LogP contribution in [0.3, 0.4) is 0 Å². The van der Waals surface area contributed by atoms with Crippen LogP contribution in [-0.2, 0) is 4.42 Å². The topological polar surface area (TPSA) is 11.3 Å². The molecule has 0 aromatic rings. The van der Waals surface area contributed by atoms with Gasteiger partial charge in [0.15, 0.2) is 0 Å². The van der Waals surface area contributed by atoms with Crippen molar-refractivity contribution in [2.45, 2.75) is 0 Å². The number of hydrogen-bond acceptors (Lipinski definition) is 0. The lowest BCUT2D eigenvalue weighted by molar-refractivity contribution is -0.417. The van der Waals surface area contributed by atoms with Crippen LogP contribution in [0.4, 0.5) is 0 Å². The lowest BCUT2D eigenvalue weighted by Crippen LogP contribution is -1.99. The third-order valence-corrected chi connectivity index (χ3v) is 5.50. The van der Waals surface area contributed by atoms with Crippen molar-refractivity contribution in [3.63, 3.8) is 0 Å². The number of ketones is 1. The van der Waals surface area contributed by atoms with Crippen molar-refractivity contribution >= 4 is 11.4 Å². The summed E-state index contributed by atoms with van der Waals surface area (Å²) in [5, 5.41) is 0. The van der Waals surface area contributed by atoms with Crippen molar-refractivity contribution in [2.24, 2.45) is 0 Å². The maximum Gasteiger partial charge on any atom is 0.343 e. The molecule has 0 saturated heterocycles. The molecule has 0 aromatic carbocycles. The number of hydrogen-bond donors (Lipinski definition) is 0. The van der Waals surface area contributed by atoms with E-state index in [4.69, 9.17) is 4.42 Å². The van der Waals surface area contributed by atoms with Gasteiger partial charge >= 0.3 is 5.78 Å². The van der Waals surface area contributed by atoms with E-state index in [0.717, 1.165) is 5.78 Å². The Morgan fingerprint density at radius 3 is 1.59 bits per heavy atom. The first kappa shape index (κ1) is 17.4. The Morgan fingerprint density at radius 2 is 1.07 bits per heavy atom. The van der Waals surface area contributed by atoms with Crippen LogP contribution in [-0.4, -0.2) is 12.9 Å². The Hall–Kier alpha value is -3.71. The van der Waals surface area contributed by atoms with E-state index in [1.54, 1.807) is 7.11 Å². The molecular weight excluding hydrogens is 352 g/mol. The fraction of sp³-hybridized carbons (Fsp3) is 0.0357. The van der Waals surface area contributed by atoms with Crippen LogP contribution in [0.25, 0.3) is 27.8 Å². The number of fused-ring (bicyclic) bond motifs is 2. The molecule has 0 fully saturated rings. The molecule has 0 saturated carbocycles. The summed E-state index contributed by atoms with van der Waals surface area (Å²) >= 11 is 0. The zero-order valence-corrected chi connectivity index (χ0v) is 16.3. The average molecular weight is 373 g/mol. The Labute approximate surface area is 171 Å². The summed E-state index contributed by atoms with van der Waals surface area (Å²) in [5.41, 5.74) is 9.94. The first-order valence-corrected chi connectivity index (χ1v) is 9.83. The van der Waals surface area contributed by atoms with Gasteiger partial charge in [-0.05, 0) is 56.7 Å². The lowest BCUT2D eigenvalue weighted by Gasteiger charge is -2.14. The second-order valence-corrected chi connectivity index (χ2v) is 7.16. The van der Waals surface area contributed by atoms with E-state index in [9.17, 15) is 0 Å². The maximum absolute atomic E-state index is 5.39. The molecule has 1 nitrogen and oxygen atoms in total. The Kier molecular flexibility index (Phi) is 4.42. The predicted molar refractivity (Wildman–Crippen MR) is 121 cm³/mol. The quantitative estimate of drug-likeness (QED) is 0.353. The lowest BCUT2D eigenvalue weighted by atomic mass is 9.89. The summed E-state index contributed by atoms with van der Waals surface area (Å²) in [6.45, 7) is 0. The Balaban J connectivity index is 1.80. The standard InChI is InChI=1S/C28H21O/c1-29-23-16-12-22(13-17-23)28(26-18-14-20-8-4-2-6-10-24(20)26)27-19-15-21-9-5-3-7-11-25(21)27/h2-19H,1H3/q+1. The Morgan fingerprint density at radius 1 is 0.552 bits per heavy atom. The van der Waals surface area contributed by atoms with Crippen molar-refractivity contribution in [1.29, 1.82) is 0 Å². The highest BCUT2D eigenvalue weighted by Crippen LogP contribution is 2.42. The summed E-state index contributed by atoms with van der Waals surface area (Å²) in [4.78, 5) is 0. The van der Waals surface area contributed by atoms with Gasteiger partial charge in [0.05, 0.1) is 0 Å². The minimum Gasteiger partial charge on any atom is -0.258 e. The van der Waals surface area contributed by atoms with Gasteiger partial charge in [0.2, 0.25) is 0 Å². The van der Waals surface area contributed by atoms with E-state index in [2.05, 4.69) is 97.1 Å². The molecule has 0 amide bonds. The van der Waals surface area contributed by atoms with Crippen LogP contribution in [0.5, 0.6) is 0 Å². The minimum atomic E-state index is 0.866. The van der Waals surface area contributed by atoms with Gasteiger partial charge < -0.3 is 0 Å². The second-order valence-electron chi connectivity index (χ2n) is 7.16. The first-order valence-electron chi connectivity index (χ1n) is 9.83. The summed E-state index contributed by atoms with van der Waals surface area (Å²) < 4.78 is 5.39. The van der Waals surface area contributed by atoms with Gasteiger partial charge in [-0.25, -0.2) is 0 Å². The van der Waals surface area contributed by atoms with Crippen LogP contribution in [0.1, 0.15) is 11.1 Å². The van der Waals surface area contributed by atoms with Crippen LogP contribution < -0.4 is 0 Å². The first-order chi connectivity index (χ1) is 14.3. The Bertz CT molecular complexity index is 1160. The van der Waals surface area contributed by atoms with Crippen LogP contribution >= 0.6 is 0 Å². The molecule has 0 aliphatic heterocycles. The molecule has 0 heterocycles. The molecule has 5 rings (SSSR count). The normalized spacial score (nSPS) is 13.3. The van der Waals surface area contributed by atoms with Gasteiger partial charge in [0.25, 0.3) is 7.11 Å². The predicted octanol–water partition coefficient (Wildman–Crippen LogP) is 6.56. The largest absolute Gasteiger partial charge is 0.343 e. The van der Waals surface area contributed by atoms with Gasteiger partial charge in [-0.15, -0.1) is 0 Å². The van der Waals surface area contributed by atoms with Crippen LogP contribution in [0.2, 0.25) is 0 Å². The van der Waals surface area contributed by atoms with Gasteiger partial charge in [-0.1, -0.05) is 84.9 Å². The van der Waals surface area contributed by atoms with Crippen LogP contribution in [0, 0.1) is 0 Å². The van der Waals surface area contributed by atoms with E-state index >= 15 is 0 Å². The van der Waals surface area contributed by atoms with Crippen LogP contribution in [0.15, 0.2) is 115 Å². The molecule has 138 valence electrons. The molecule has 5 aliphatic carbocycles. The van der Waals surface area contributed by atoms with E-state index < -0.39 is 0 Å². The minimum absolute atomic E-state index is 0.866. The van der Waals surface area contributed by atoms with Crippen molar-refractivity contribution in [3.8, 4) is 22.3 Å². The van der Waals surface area contributed by atoms with Gasteiger partial charge in [-0.3, -0.25) is 4.42 Å². The van der Waals surface area contributed by atoms with Crippen molar-refractivity contribution < 1.29 is 4.42 Å². The molecule has 0 aromatic heterocycles. The third kappa shape index (κ3) is 3.11. The van der Waals surface area contributed by atoms with Crippen molar-refractivity contribution in [3.05, 3.63) is 126 Å². The summed E-state index contributed by atoms with van der Waals surface area (Å²) in [6, 6.07) is 30.2. The molecule has 0 radical (unpaired) electrons. The highest BCUT2D eigenvalue weighted by atomic mass is 16.4. The molecule has 1 heteroatoms. The molecule has 0 spiro atoms. The SMILES string of the molecule is C[O+]=C1C=CC(=C(c2ccc3cccccc2-3)c2ccc3cccccc2-3)C=C1. The molecule has 0 N–H and O–H groups in total. The zero-order valence-electron chi connectivity index (χ0n) is 16.3. The van der Waals surface area contributed by atoms with Gasteiger partial charge in [0.1, 0.15) is 0 Å². The monoisotopic (exact) mass is 373 g/mol. The van der Waals surface area contributed by atoms with E-state index in [1.165, 1.54) is 44.5 Å². The van der Waals surface area contributed by atoms with Gasteiger partial charge in [0, 0.05) is 12.2 Å². The van der Waals surface area contributed by atoms with E-state index in [-0.39, 0.29) is 0 Å². The summed E-state index contributed by atoms with van der Waals surface area (Å²) in [7, 11) is 1.70. The highest BCUT2D eigenvalue weighted by Gasteiger charge is 2.21. The molecule has 5 aliphatic rings. The third-order valence-electron chi connectivity index (χ3n) is 5.50. The van der Waals surface area contributed by atoms with Gasteiger partial charge in [-0.2, -0.15) is 0 Å². The summed E-state index contributed by atoms with van der Waals surface area (Å²) in [5.74, 6) is 0.866. The smallest absolute Gasteiger partial charge is 0.258 e. The second kappa shape index (κ2) is 7.37. The fourth-order valence-electron chi connectivity index (χ4n) is 4.08. The molecule has 0 unspecified atom stereocenters. The number of allylic oxidation sites excluding steroid dienone is 5. The number of carbonyl (C=O) groups excluding carboxylic acids is 1.